The summed E-state index contributed by atoms with van der Waals surface area (Å²) in [6.45, 7) is 1.94. The number of fused-ring (bicyclic) bond motifs is 1. The fourth-order valence-electron chi connectivity index (χ4n) is 2.31. The highest BCUT2D eigenvalue weighted by Gasteiger charge is 2.13. The number of anilines is 2. The highest BCUT2D eigenvalue weighted by molar-refractivity contribution is 6.30. The first-order valence-corrected chi connectivity index (χ1v) is 7.16. The molecule has 1 aromatic heterocycles. The summed E-state index contributed by atoms with van der Waals surface area (Å²) in [6, 6.07) is 13.0. The van der Waals surface area contributed by atoms with Crippen LogP contribution in [0.25, 0.3) is 10.9 Å². The Kier molecular flexibility index (Phi) is 3.73. The van der Waals surface area contributed by atoms with Crippen LogP contribution in [-0.2, 0) is 0 Å². The van der Waals surface area contributed by atoms with Crippen molar-refractivity contribution in [3.63, 3.8) is 0 Å². The summed E-state index contributed by atoms with van der Waals surface area (Å²) >= 11 is 6.02. The predicted octanol–water partition coefficient (Wildman–Crippen LogP) is 3.59. The molecule has 6 heteroatoms. The van der Waals surface area contributed by atoms with Gasteiger partial charge in [-0.25, -0.2) is 4.98 Å². The Balaban J connectivity index is 2.00. The largest absolute Gasteiger partial charge is 0.485 e. The number of benzene rings is 2. The van der Waals surface area contributed by atoms with Gasteiger partial charge in [-0.15, -0.1) is 0 Å². The number of hydrogen-bond donors (Lipinski definition) is 2. The third-order valence-corrected chi connectivity index (χ3v) is 3.59. The average Bonchev–Trinajstić information content (AvgIpc) is 2.46. The van der Waals surface area contributed by atoms with Crippen molar-refractivity contribution >= 4 is 34.3 Å². The molecule has 0 radical (unpaired) electrons. The Labute approximate surface area is 132 Å². The Bertz CT molecular complexity index is 837. The first kappa shape index (κ1) is 14.4. The first-order valence-electron chi connectivity index (χ1n) is 6.78. The van der Waals surface area contributed by atoms with Crippen molar-refractivity contribution in [3.05, 3.63) is 53.1 Å². The average molecular weight is 315 g/mol. The highest BCUT2D eigenvalue weighted by atomic mass is 35.5. The van der Waals surface area contributed by atoms with E-state index in [0.29, 0.717) is 27.5 Å². The summed E-state index contributed by atoms with van der Waals surface area (Å²) in [5, 5.41) is 1.33. The molecule has 2 aromatic carbocycles. The molecule has 1 atom stereocenters. The molecule has 1 heterocycles. The number of rotatable bonds is 3. The van der Waals surface area contributed by atoms with E-state index < -0.39 is 0 Å². The van der Waals surface area contributed by atoms with Crippen molar-refractivity contribution in [1.82, 2.24) is 9.97 Å². The molecule has 0 spiro atoms. The van der Waals surface area contributed by atoms with Crippen molar-refractivity contribution < 1.29 is 4.74 Å². The van der Waals surface area contributed by atoms with Gasteiger partial charge in [-0.2, -0.15) is 4.98 Å². The van der Waals surface area contributed by atoms with Crippen LogP contribution in [0.1, 0.15) is 18.6 Å². The number of hydrogen-bond acceptors (Lipinski definition) is 5. The topological polar surface area (TPSA) is 87.0 Å². The maximum absolute atomic E-state index is 6.03. The minimum atomic E-state index is -0.193. The zero-order valence-electron chi connectivity index (χ0n) is 12.0. The lowest BCUT2D eigenvalue weighted by molar-refractivity contribution is 0.230. The number of nitrogen functional groups attached to an aromatic ring is 2. The van der Waals surface area contributed by atoms with E-state index in [4.69, 9.17) is 27.8 Å². The van der Waals surface area contributed by atoms with Gasteiger partial charge in [-0.3, -0.25) is 0 Å². The van der Waals surface area contributed by atoms with E-state index in [1.165, 1.54) is 0 Å². The standard InChI is InChI=1S/C16H15ClN4O/c1-9(10-4-2-5-11(17)8-10)22-13-7-3-6-12-14(13)15(18)21-16(19)20-12/h2-9H,1H3,(H4,18,19,20,21)/t9-/m0/s1. The van der Waals surface area contributed by atoms with E-state index >= 15 is 0 Å². The third kappa shape index (κ3) is 2.76. The molecule has 0 fully saturated rings. The molecule has 0 bridgehead atoms. The first-order chi connectivity index (χ1) is 10.5. The molecule has 0 aliphatic carbocycles. The molecule has 0 aliphatic heterocycles. The van der Waals surface area contributed by atoms with Crippen LogP contribution in [0.5, 0.6) is 5.75 Å². The number of aromatic nitrogens is 2. The Hall–Kier alpha value is -2.53. The molecular formula is C16H15ClN4O. The summed E-state index contributed by atoms with van der Waals surface area (Å²) in [5.74, 6) is 1.06. The van der Waals surface area contributed by atoms with E-state index in [2.05, 4.69) is 9.97 Å². The van der Waals surface area contributed by atoms with Crippen LogP contribution >= 0.6 is 11.6 Å². The van der Waals surface area contributed by atoms with Crippen LogP contribution < -0.4 is 16.2 Å². The van der Waals surface area contributed by atoms with Gasteiger partial charge in [-0.1, -0.05) is 29.8 Å². The Morgan fingerprint density at radius 1 is 1.09 bits per heavy atom. The van der Waals surface area contributed by atoms with Crippen LogP contribution in [0, 0.1) is 0 Å². The quantitative estimate of drug-likeness (QED) is 0.771. The van der Waals surface area contributed by atoms with E-state index in [9.17, 15) is 0 Å². The minimum Gasteiger partial charge on any atom is -0.485 e. The molecule has 0 unspecified atom stereocenters. The second kappa shape index (κ2) is 5.69. The normalized spacial score (nSPS) is 12.3. The zero-order valence-corrected chi connectivity index (χ0v) is 12.7. The van der Waals surface area contributed by atoms with Crippen molar-refractivity contribution in [1.29, 1.82) is 0 Å². The van der Waals surface area contributed by atoms with Gasteiger partial charge in [-0.05, 0) is 36.8 Å². The molecular weight excluding hydrogens is 300 g/mol. The predicted molar refractivity (Wildman–Crippen MR) is 88.9 cm³/mol. The van der Waals surface area contributed by atoms with Crippen LogP contribution in [-0.4, -0.2) is 9.97 Å². The molecule has 112 valence electrons. The van der Waals surface area contributed by atoms with Gasteiger partial charge in [0.25, 0.3) is 0 Å². The van der Waals surface area contributed by atoms with Crippen molar-refractivity contribution in [2.75, 3.05) is 11.5 Å². The minimum absolute atomic E-state index is 0.144. The lowest BCUT2D eigenvalue weighted by atomic mass is 10.1. The molecule has 0 saturated heterocycles. The molecule has 0 amide bonds. The smallest absolute Gasteiger partial charge is 0.222 e. The van der Waals surface area contributed by atoms with Crippen LogP contribution in [0.4, 0.5) is 11.8 Å². The summed E-state index contributed by atoms with van der Waals surface area (Å²) in [4.78, 5) is 8.18. The SMILES string of the molecule is C[C@H](Oc1cccc2nc(N)nc(N)c12)c1cccc(Cl)c1. The third-order valence-electron chi connectivity index (χ3n) is 3.35. The van der Waals surface area contributed by atoms with Gasteiger partial charge in [0.1, 0.15) is 17.7 Å². The van der Waals surface area contributed by atoms with E-state index in [-0.39, 0.29) is 12.1 Å². The summed E-state index contributed by atoms with van der Waals surface area (Å²) < 4.78 is 6.03. The van der Waals surface area contributed by atoms with Gasteiger partial charge in [0, 0.05) is 5.02 Å². The number of nitrogens with two attached hydrogens (primary N) is 2. The maximum atomic E-state index is 6.03. The van der Waals surface area contributed by atoms with Gasteiger partial charge in [0.05, 0.1) is 10.9 Å². The second-order valence-electron chi connectivity index (χ2n) is 4.93. The molecule has 5 nitrogen and oxygen atoms in total. The van der Waals surface area contributed by atoms with E-state index in [0.717, 1.165) is 5.56 Å². The maximum Gasteiger partial charge on any atom is 0.222 e. The molecule has 0 saturated carbocycles. The fourth-order valence-corrected chi connectivity index (χ4v) is 2.51. The van der Waals surface area contributed by atoms with Crippen LogP contribution in [0.15, 0.2) is 42.5 Å². The Morgan fingerprint density at radius 3 is 2.64 bits per heavy atom. The van der Waals surface area contributed by atoms with Crippen molar-refractivity contribution in [2.24, 2.45) is 0 Å². The zero-order chi connectivity index (χ0) is 15.7. The highest BCUT2D eigenvalue weighted by Crippen LogP contribution is 2.32. The van der Waals surface area contributed by atoms with E-state index in [1.54, 1.807) is 0 Å². The van der Waals surface area contributed by atoms with Gasteiger partial charge < -0.3 is 16.2 Å². The van der Waals surface area contributed by atoms with Gasteiger partial charge in [0.15, 0.2) is 0 Å². The Morgan fingerprint density at radius 2 is 1.86 bits per heavy atom. The van der Waals surface area contributed by atoms with Crippen molar-refractivity contribution in [3.8, 4) is 5.75 Å². The van der Waals surface area contributed by atoms with Gasteiger partial charge in [0.2, 0.25) is 5.95 Å². The molecule has 22 heavy (non-hydrogen) atoms. The lowest BCUT2D eigenvalue weighted by Crippen LogP contribution is -2.06. The molecule has 3 aromatic rings. The van der Waals surface area contributed by atoms with E-state index in [1.807, 2.05) is 49.4 Å². The summed E-state index contributed by atoms with van der Waals surface area (Å²) in [5.41, 5.74) is 13.2. The molecule has 4 N–H and O–H groups in total. The number of halogens is 1. The van der Waals surface area contributed by atoms with Crippen LogP contribution in [0.3, 0.4) is 0 Å². The lowest BCUT2D eigenvalue weighted by Gasteiger charge is -2.17. The monoisotopic (exact) mass is 314 g/mol. The molecule has 3 rings (SSSR count). The number of nitrogens with zero attached hydrogens (tertiary/aromatic N) is 2. The van der Waals surface area contributed by atoms with Gasteiger partial charge >= 0.3 is 0 Å². The fraction of sp³-hybridized carbons (Fsp3) is 0.125. The number of ether oxygens (including phenoxy) is 1. The van der Waals surface area contributed by atoms with Crippen molar-refractivity contribution in [2.45, 2.75) is 13.0 Å². The summed E-state index contributed by atoms with van der Waals surface area (Å²) in [7, 11) is 0. The van der Waals surface area contributed by atoms with Crippen LogP contribution in [0.2, 0.25) is 5.02 Å². The molecule has 0 aliphatic rings. The second-order valence-corrected chi connectivity index (χ2v) is 5.37. The summed E-state index contributed by atoms with van der Waals surface area (Å²) in [6.07, 6.45) is -0.193.